The largest absolute Gasteiger partial charge is 0.345 e. The Hall–Kier alpha value is -1.31. The fourth-order valence-corrected chi connectivity index (χ4v) is 2.00. The first-order valence-corrected chi connectivity index (χ1v) is 6.85. The summed E-state index contributed by atoms with van der Waals surface area (Å²) in [4.78, 5) is 13.1. The van der Waals surface area contributed by atoms with Crippen molar-refractivity contribution in [2.45, 2.75) is 0 Å². The van der Waals surface area contributed by atoms with Gasteiger partial charge in [0.2, 0.25) is 0 Å². The van der Waals surface area contributed by atoms with Crippen LogP contribution in [0.5, 0.6) is 0 Å². The molecule has 0 aliphatic heterocycles. The number of hydrogen-bond donors (Lipinski definition) is 2. The zero-order valence-electron chi connectivity index (χ0n) is 10.2. The molecule has 0 spiro atoms. The van der Waals surface area contributed by atoms with Gasteiger partial charge in [-0.05, 0) is 18.2 Å². The van der Waals surface area contributed by atoms with Crippen LogP contribution in [0.15, 0.2) is 18.2 Å². The molecule has 0 saturated heterocycles. The number of carbonyl (C=O) groups is 1. The number of amides is 1. The summed E-state index contributed by atoms with van der Waals surface area (Å²) in [6.45, 7) is 0. The lowest BCUT2D eigenvalue weighted by Gasteiger charge is -2.13. The topological polar surface area (TPSA) is 78.5 Å². The second-order valence-electron chi connectivity index (χ2n) is 3.70. The molecule has 0 heterocycles. The summed E-state index contributed by atoms with van der Waals surface area (Å²) in [6.07, 6.45) is 0. The van der Waals surface area contributed by atoms with Crippen LogP contribution in [-0.4, -0.2) is 40.4 Å². The van der Waals surface area contributed by atoms with Crippen LogP contribution in [0.1, 0.15) is 10.4 Å². The van der Waals surface area contributed by atoms with Crippen LogP contribution >= 0.6 is 11.6 Å². The number of benzene rings is 1. The van der Waals surface area contributed by atoms with Crippen LogP contribution in [0, 0.1) is 0 Å². The highest BCUT2D eigenvalue weighted by Crippen LogP contribution is 2.22. The average molecular weight is 292 g/mol. The molecule has 1 aromatic rings. The highest BCUT2D eigenvalue weighted by Gasteiger charge is 2.14. The van der Waals surface area contributed by atoms with E-state index in [1.807, 2.05) is 0 Å². The normalized spacial score (nSPS) is 11.1. The van der Waals surface area contributed by atoms with Gasteiger partial charge in [0.1, 0.15) is 0 Å². The molecule has 0 radical (unpaired) electrons. The molecule has 18 heavy (non-hydrogen) atoms. The average Bonchev–Trinajstić information content (AvgIpc) is 2.28. The number of nitrogens with zero attached hydrogens (tertiary/aromatic N) is 1. The summed E-state index contributed by atoms with van der Waals surface area (Å²) < 4.78 is 26.9. The van der Waals surface area contributed by atoms with Crippen molar-refractivity contribution in [2.24, 2.45) is 0 Å². The first kappa shape index (κ1) is 14.7. The third-order valence-electron chi connectivity index (χ3n) is 2.13. The fraction of sp³-hybridized carbons (Fsp3) is 0.300. The summed E-state index contributed by atoms with van der Waals surface area (Å²) in [6, 6.07) is 4.32. The first-order chi connectivity index (χ1) is 8.26. The Morgan fingerprint density at radius 1 is 1.33 bits per heavy atom. The molecule has 0 unspecified atom stereocenters. The van der Waals surface area contributed by atoms with Crippen LogP contribution in [0.25, 0.3) is 0 Å². The molecule has 0 aliphatic carbocycles. The van der Waals surface area contributed by atoms with Crippen LogP contribution in [0.3, 0.4) is 0 Å². The van der Waals surface area contributed by atoms with Crippen molar-refractivity contribution in [1.82, 2.24) is 9.62 Å². The molecule has 2 N–H and O–H groups in total. The third kappa shape index (κ3) is 3.59. The van der Waals surface area contributed by atoms with Crippen LogP contribution in [0.4, 0.5) is 5.69 Å². The Labute approximate surface area is 111 Å². The highest BCUT2D eigenvalue weighted by molar-refractivity contribution is 7.90. The summed E-state index contributed by atoms with van der Waals surface area (Å²) in [5, 5.41) is 0.185. The predicted molar refractivity (Wildman–Crippen MR) is 71.1 cm³/mol. The Morgan fingerprint density at radius 3 is 2.39 bits per heavy atom. The molecule has 0 aliphatic rings. The molecule has 1 rings (SSSR count). The molecule has 0 bridgehead atoms. The lowest BCUT2D eigenvalue weighted by molar-refractivity contribution is 0.0828. The van der Waals surface area contributed by atoms with Crippen molar-refractivity contribution in [3.63, 3.8) is 0 Å². The van der Waals surface area contributed by atoms with Crippen molar-refractivity contribution in [3.05, 3.63) is 28.8 Å². The fourth-order valence-electron chi connectivity index (χ4n) is 1.20. The van der Waals surface area contributed by atoms with Gasteiger partial charge in [-0.25, -0.2) is 4.72 Å². The SMILES string of the molecule is CNS(=O)(=O)Nc1ccc(C(=O)N(C)C)c(Cl)c1. The van der Waals surface area contributed by atoms with Gasteiger partial charge >= 0.3 is 0 Å². The van der Waals surface area contributed by atoms with E-state index >= 15 is 0 Å². The summed E-state index contributed by atoms with van der Waals surface area (Å²) in [5.74, 6) is -0.247. The molecule has 8 heteroatoms. The Balaban J connectivity index is 3.04. The van der Waals surface area contributed by atoms with Crippen molar-refractivity contribution in [3.8, 4) is 0 Å². The van der Waals surface area contributed by atoms with Gasteiger partial charge in [-0.1, -0.05) is 11.6 Å². The van der Waals surface area contributed by atoms with Gasteiger partial charge in [-0.2, -0.15) is 8.42 Å². The van der Waals surface area contributed by atoms with E-state index < -0.39 is 10.2 Å². The number of hydrogen-bond acceptors (Lipinski definition) is 3. The lowest BCUT2D eigenvalue weighted by atomic mass is 10.2. The van der Waals surface area contributed by atoms with Crippen molar-refractivity contribution in [1.29, 1.82) is 0 Å². The third-order valence-corrected chi connectivity index (χ3v) is 3.48. The van der Waals surface area contributed by atoms with Gasteiger partial charge in [0.25, 0.3) is 16.1 Å². The maximum atomic E-state index is 11.7. The summed E-state index contributed by atoms with van der Waals surface area (Å²) in [5.41, 5.74) is 0.596. The van der Waals surface area contributed by atoms with Gasteiger partial charge in [0, 0.05) is 21.1 Å². The first-order valence-electron chi connectivity index (χ1n) is 4.99. The molecular formula is C10H14ClN3O3S. The second kappa shape index (κ2) is 5.55. The molecule has 0 aromatic heterocycles. The van der Waals surface area contributed by atoms with Crippen molar-refractivity contribution < 1.29 is 13.2 Å². The number of anilines is 1. The quantitative estimate of drug-likeness (QED) is 0.866. The molecule has 1 amide bonds. The second-order valence-corrected chi connectivity index (χ2v) is 5.73. The van der Waals surface area contributed by atoms with Gasteiger partial charge < -0.3 is 4.90 Å². The summed E-state index contributed by atoms with van der Waals surface area (Å²) >= 11 is 5.94. The minimum Gasteiger partial charge on any atom is -0.345 e. The minimum atomic E-state index is -3.59. The van der Waals surface area contributed by atoms with E-state index in [1.54, 1.807) is 14.1 Å². The Kier molecular flexibility index (Phi) is 4.55. The smallest absolute Gasteiger partial charge is 0.298 e. The molecule has 6 nitrogen and oxygen atoms in total. The van der Waals surface area contributed by atoms with E-state index in [1.165, 1.54) is 30.1 Å². The van der Waals surface area contributed by atoms with E-state index in [2.05, 4.69) is 9.44 Å². The molecular weight excluding hydrogens is 278 g/mol. The molecule has 1 aromatic carbocycles. The van der Waals surface area contributed by atoms with E-state index in [9.17, 15) is 13.2 Å². The van der Waals surface area contributed by atoms with Crippen LogP contribution in [-0.2, 0) is 10.2 Å². The highest BCUT2D eigenvalue weighted by atomic mass is 35.5. The zero-order chi connectivity index (χ0) is 13.9. The Bertz CT molecular complexity index is 557. The number of carbonyl (C=O) groups excluding carboxylic acids is 1. The minimum absolute atomic E-state index is 0.185. The number of rotatable bonds is 4. The van der Waals surface area contributed by atoms with Crippen molar-refractivity contribution >= 4 is 33.4 Å². The van der Waals surface area contributed by atoms with E-state index in [-0.39, 0.29) is 16.6 Å². The Morgan fingerprint density at radius 2 is 1.94 bits per heavy atom. The maximum absolute atomic E-state index is 11.7. The predicted octanol–water partition coefficient (Wildman–Crippen LogP) is 0.918. The van der Waals surface area contributed by atoms with Gasteiger partial charge in [0.05, 0.1) is 16.3 Å². The van der Waals surface area contributed by atoms with Crippen LogP contribution in [0.2, 0.25) is 5.02 Å². The monoisotopic (exact) mass is 291 g/mol. The maximum Gasteiger partial charge on any atom is 0.298 e. The lowest BCUT2D eigenvalue weighted by Crippen LogP contribution is -2.26. The number of halogens is 1. The molecule has 100 valence electrons. The van der Waals surface area contributed by atoms with Crippen LogP contribution < -0.4 is 9.44 Å². The van der Waals surface area contributed by atoms with E-state index in [0.717, 1.165) is 0 Å². The number of nitrogens with one attached hydrogen (secondary N) is 2. The van der Waals surface area contributed by atoms with E-state index in [4.69, 9.17) is 11.6 Å². The molecule has 0 saturated carbocycles. The van der Waals surface area contributed by atoms with Gasteiger partial charge in [0.15, 0.2) is 0 Å². The van der Waals surface area contributed by atoms with Gasteiger partial charge in [-0.15, -0.1) is 0 Å². The standard InChI is InChI=1S/C10H14ClN3O3S/c1-12-18(16,17)13-7-4-5-8(9(11)6-7)10(15)14(2)3/h4-6,12-13H,1-3H3. The zero-order valence-corrected chi connectivity index (χ0v) is 11.8. The summed E-state index contributed by atoms with van der Waals surface area (Å²) in [7, 11) is 0.908. The molecule has 0 fully saturated rings. The van der Waals surface area contributed by atoms with Gasteiger partial charge in [-0.3, -0.25) is 9.52 Å². The van der Waals surface area contributed by atoms with Crippen molar-refractivity contribution in [2.75, 3.05) is 25.9 Å². The van der Waals surface area contributed by atoms with E-state index in [0.29, 0.717) is 5.56 Å². The molecule has 0 atom stereocenters.